The third-order valence-electron chi connectivity index (χ3n) is 4.70. The minimum Gasteiger partial charge on any atom is -0.341 e. The molecule has 0 saturated carbocycles. The molecule has 0 spiro atoms. The third kappa shape index (κ3) is 6.94. The van der Waals surface area contributed by atoms with Gasteiger partial charge in [0.05, 0.1) is 0 Å². The fourth-order valence-electron chi connectivity index (χ4n) is 3.22. The zero-order chi connectivity index (χ0) is 21.1. The van der Waals surface area contributed by atoms with Crippen molar-refractivity contribution in [1.29, 1.82) is 0 Å². The van der Waals surface area contributed by atoms with Gasteiger partial charge in [-0.1, -0.05) is 93.4 Å². The van der Waals surface area contributed by atoms with Crippen LogP contribution in [0.5, 0.6) is 0 Å². The van der Waals surface area contributed by atoms with Gasteiger partial charge >= 0.3 is 0 Å². The second-order valence-corrected chi connectivity index (χ2v) is 7.70. The van der Waals surface area contributed by atoms with Gasteiger partial charge in [-0.15, -0.1) is 6.58 Å². The molecule has 0 aliphatic rings. The van der Waals surface area contributed by atoms with Crippen molar-refractivity contribution in [2.75, 3.05) is 11.4 Å². The molecule has 1 unspecified atom stereocenters. The summed E-state index contributed by atoms with van der Waals surface area (Å²) in [6, 6.07) is 28.2. The molecule has 0 N–H and O–H groups in total. The Balaban J connectivity index is 0.000000941. The highest BCUT2D eigenvalue weighted by Gasteiger charge is 2.13. The smallest absolute Gasteiger partial charge is 0.0411 e. The minimum atomic E-state index is 0.546. The summed E-state index contributed by atoms with van der Waals surface area (Å²) in [4.78, 5) is 2.40. The van der Waals surface area contributed by atoms with Gasteiger partial charge in [-0.2, -0.15) is 0 Å². The summed E-state index contributed by atoms with van der Waals surface area (Å²) < 4.78 is 0. The van der Waals surface area contributed by atoms with Crippen molar-refractivity contribution in [3.8, 4) is 11.1 Å². The molecular weight excluding hydrogens is 350 g/mol. The maximum Gasteiger partial charge on any atom is 0.0411 e. The van der Waals surface area contributed by atoms with E-state index in [1.54, 1.807) is 0 Å². The monoisotopic (exact) mass is 385 g/mol. The molecule has 3 rings (SSSR count). The molecule has 0 saturated heterocycles. The van der Waals surface area contributed by atoms with Gasteiger partial charge in [-0.05, 0) is 54.7 Å². The predicted octanol–water partition coefficient (Wildman–Crippen LogP) is 8.43. The molecule has 0 aromatic heterocycles. The summed E-state index contributed by atoms with van der Waals surface area (Å²) in [5.41, 5.74) is 6.25. The van der Waals surface area contributed by atoms with Crippen molar-refractivity contribution in [3.05, 3.63) is 97.1 Å². The lowest BCUT2D eigenvalue weighted by molar-refractivity contribution is 0.598. The van der Waals surface area contributed by atoms with Crippen LogP contribution in [-0.2, 0) is 0 Å². The first-order valence-corrected chi connectivity index (χ1v) is 10.7. The summed E-state index contributed by atoms with van der Waals surface area (Å²) in [7, 11) is 0. The van der Waals surface area contributed by atoms with Crippen LogP contribution in [0.4, 0.5) is 11.4 Å². The summed E-state index contributed by atoms with van der Waals surface area (Å²) in [5, 5.41) is 0. The number of nitrogens with zero attached hydrogens (tertiary/aromatic N) is 1. The van der Waals surface area contributed by atoms with Crippen molar-refractivity contribution in [1.82, 2.24) is 0 Å². The number of para-hydroxylation sites is 1. The number of benzene rings is 3. The molecule has 0 aliphatic carbocycles. The highest BCUT2D eigenvalue weighted by atomic mass is 15.1. The van der Waals surface area contributed by atoms with Crippen molar-refractivity contribution in [2.45, 2.75) is 40.5 Å². The van der Waals surface area contributed by atoms with E-state index in [0.29, 0.717) is 5.92 Å². The van der Waals surface area contributed by atoms with Crippen molar-refractivity contribution >= 4 is 11.4 Å². The van der Waals surface area contributed by atoms with E-state index in [0.717, 1.165) is 13.0 Å². The first-order chi connectivity index (χ1) is 14.1. The van der Waals surface area contributed by atoms with Gasteiger partial charge in [-0.25, -0.2) is 0 Å². The van der Waals surface area contributed by atoms with Gasteiger partial charge in [0.25, 0.3) is 0 Å². The lowest BCUT2D eigenvalue weighted by Gasteiger charge is -2.28. The molecule has 0 amide bonds. The van der Waals surface area contributed by atoms with Gasteiger partial charge in [-0.3, -0.25) is 0 Å². The quantitative estimate of drug-likeness (QED) is 0.369. The maximum absolute atomic E-state index is 3.89. The number of allylic oxidation sites excluding steroid dienone is 1. The van der Waals surface area contributed by atoms with E-state index in [9.17, 15) is 0 Å². The number of hydrogen-bond acceptors (Lipinski definition) is 1. The molecule has 3 aromatic carbocycles. The molecule has 1 atom stereocenters. The van der Waals surface area contributed by atoms with Crippen LogP contribution in [0.3, 0.4) is 0 Å². The molecule has 0 bridgehead atoms. The van der Waals surface area contributed by atoms with Crippen molar-refractivity contribution in [2.24, 2.45) is 5.92 Å². The Morgan fingerprint density at radius 3 is 1.79 bits per heavy atom. The Morgan fingerprint density at radius 1 is 0.793 bits per heavy atom. The van der Waals surface area contributed by atoms with Crippen LogP contribution in [-0.4, -0.2) is 6.54 Å². The number of aryl methyl sites for hydroxylation is 1. The topological polar surface area (TPSA) is 3.24 Å². The second-order valence-electron chi connectivity index (χ2n) is 7.70. The Bertz CT molecular complexity index is 832. The van der Waals surface area contributed by atoms with Gasteiger partial charge in [0, 0.05) is 17.9 Å². The molecule has 3 aromatic rings. The summed E-state index contributed by atoms with van der Waals surface area (Å²) in [5.74, 6) is 0.546. The van der Waals surface area contributed by atoms with E-state index in [1.165, 1.54) is 34.5 Å². The number of hydrogen-bond donors (Lipinski definition) is 0. The SMILES string of the molecule is C=CCC(C)CN(c1ccccc1)c1ccc(-c2ccc(C)cc2)cc1.CCC. The Kier molecular flexibility index (Phi) is 9.24. The van der Waals surface area contributed by atoms with Crippen LogP contribution in [0.2, 0.25) is 0 Å². The first-order valence-electron chi connectivity index (χ1n) is 10.7. The predicted molar refractivity (Wildman–Crippen MR) is 130 cm³/mol. The maximum atomic E-state index is 3.89. The summed E-state index contributed by atoms with van der Waals surface area (Å²) >= 11 is 0. The van der Waals surface area contributed by atoms with E-state index in [4.69, 9.17) is 0 Å². The molecule has 152 valence electrons. The summed E-state index contributed by atoms with van der Waals surface area (Å²) in [6.45, 7) is 13.5. The standard InChI is InChI=1S/C25H27N.C3H8/c1-4-8-21(3)19-26(24-9-6-5-7-10-24)25-17-15-23(16-18-25)22-13-11-20(2)12-14-22;1-3-2/h4-7,9-18,21H,1,8,19H2,2-3H3;3H2,1-2H3. The van der Waals surface area contributed by atoms with Crippen LogP contribution in [0.1, 0.15) is 39.2 Å². The Labute approximate surface area is 177 Å². The molecule has 1 heteroatoms. The van der Waals surface area contributed by atoms with Crippen LogP contribution < -0.4 is 4.90 Å². The van der Waals surface area contributed by atoms with Crippen LogP contribution >= 0.6 is 0 Å². The van der Waals surface area contributed by atoms with Gasteiger partial charge in [0.15, 0.2) is 0 Å². The molecule has 0 aliphatic heterocycles. The average Bonchev–Trinajstić information content (AvgIpc) is 2.74. The molecule has 0 radical (unpaired) electrons. The van der Waals surface area contributed by atoms with E-state index in [1.807, 2.05) is 6.08 Å². The van der Waals surface area contributed by atoms with Gasteiger partial charge in [0.2, 0.25) is 0 Å². The Morgan fingerprint density at radius 2 is 1.28 bits per heavy atom. The molecular formula is C28H35N. The molecule has 29 heavy (non-hydrogen) atoms. The highest BCUT2D eigenvalue weighted by molar-refractivity contribution is 5.70. The first kappa shape index (κ1) is 22.5. The third-order valence-corrected chi connectivity index (χ3v) is 4.70. The van der Waals surface area contributed by atoms with Crippen molar-refractivity contribution in [3.63, 3.8) is 0 Å². The van der Waals surface area contributed by atoms with Crippen LogP contribution in [0.25, 0.3) is 11.1 Å². The zero-order valence-electron chi connectivity index (χ0n) is 18.4. The lowest BCUT2D eigenvalue weighted by atomic mass is 10.0. The largest absolute Gasteiger partial charge is 0.341 e. The summed E-state index contributed by atoms with van der Waals surface area (Å²) in [6.07, 6.45) is 4.28. The molecule has 0 fully saturated rings. The zero-order valence-corrected chi connectivity index (χ0v) is 18.4. The van der Waals surface area contributed by atoms with Gasteiger partial charge in [0.1, 0.15) is 0 Å². The number of anilines is 2. The molecule has 0 heterocycles. The van der Waals surface area contributed by atoms with Crippen molar-refractivity contribution < 1.29 is 0 Å². The van der Waals surface area contributed by atoms with E-state index in [2.05, 4.69) is 118 Å². The van der Waals surface area contributed by atoms with Crippen LogP contribution in [0, 0.1) is 12.8 Å². The van der Waals surface area contributed by atoms with E-state index < -0.39 is 0 Å². The van der Waals surface area contributed by atoms with Crippen LogP contribution in [0.15, 0.2) is 91.5 Å². The van der Waals surface area contributed by atoms with E-state index in [-0.39, 0.29) is 0 Å². The minimum absolute atomic E-state index is 0.546. The highest BCUT2D eigenvalue weighted by Crippen LogP contribution is 2.29. The lowest BCUT2D eigenvalue weighted by Crippen LogP contribution is -2.23. The van der Waals surface area contributed by atoms with E-state index >= 15 is 0 Å². The molecule has 1 nitrogen and oxygen atoms in total. The second kappa shape index (κ2) is 11.9. The average molecular weight is 386 g/mol. The normalized spacial score (nSPS) is 11.2. The fourth-order valence-corrected chi connectivity index (χ4v) is 3.22. The Hall–Kier alpha value is -2.80. The van der Waals surface area contributed by atoms with Gasteiger partial charge < -0.3 is 4.90 Å². The number of rotatable bonds is 7. The fraction of sp³-hybridized carbons (Fsp3) is 0.286.